The van der Waals surface area contributed by atoms with Crippen molar-refractivity contribution in [3.8, 4) is 16.9 Å². The number of benzene rings is 2. The lowest BCUT2D eigenvalue weighted by Gasteiger charge is -2.26. The summed E-state index contributed by atoms with van der Waals surface area (Å²) in [5.74, 6) is 0.915. The summed E-state index contributed by atoms with van der Waals surface area (Å²) in [5, 5.41) is 0. The standard InChI is InChI=1S/C15H14O2.CH2O/c1-2-4-12(5-3-1)13-6-8-14(9-7-13)17-15-10-16-11-15;1-2/h1-9,15H,10-11H2;1H2. The van der Waals surface area contributed by atoms with Crippen LogP contribution in [0, 0.1) is 0 Å². The average molecular weight is 256 g/mol. The molecule has 0 aromatic heterocycles. The lowest BCUT2D eigenvalue weighted by Crippen LogP contribution is -2.38. The summed E-state index contributed by atoms with van der Waals surface area (Å²) in [5.41, 5.74) is 2.44. The molecule has 1 saturated heterocycles. The minimum atomic E-state index is 0.234. The topological polar surface area (TPSA) is 35.5 Å². The number of hydrogen-bond donors (Lipinski definition) is 0. The number of ether oxygens (including phenoxy) is 2. The van der Waals surface area contributed by atoms with Crippen LogP contribution in [0.4, 0.5) is 0 Å². The van der Waals surface area contributed by atoms with Crippen molar-refractivity contribution >= 4 is 6.79 Å². The van der Waals surface area contributed by atoms with Crippen LogP contribution in [-0.2, 0) is 9.53 Å². The fourth-order valence-corrected chi connectivity index (χ4v) is 1.83. The van der Waals surface area contributed by atoms with Gasteiger partial charge in [0.1, 0.15) is 18.6 Å². The summed E-state index contributed by atoms with van der Waals surface area (Å²) in [6.45, 7) is 3.42. The lowest BCUT2D eigenvalue weighted by atomic mass is 10.1. The highest BCUT2D eigenvalue weighted by molar-refractivity contribution is 5.63. The number of carbonyl (C=O) groups excluding carboxylic acids is 1. The van der Waals surface area contributed by atoms with Gasteiger partial charge in [-0.3, -0.25) is 0 Å². The molecular formula is C16H16O3. The molecule has 0 atom stereocenters. The van der Waals surface area contributed by atoms with Crippen molar-refractivity contribution in [2.75, 3.05) is 13.2 Å². The Morgan fingerprint density at radius 3 is 2.00 bits per heavy atom. The van der Waals surface area contributed by atoms with Crippen LogP contribution in [0.5, 0.6) is 5.75 Å². The van der Waals surface area contributed by atoms with Gasteiger partial charge in [0, 0.05) is 0 Å². The molecule has 0 saturated carbocycles. The molecule has 19 heavy (non-hydrogen) atoms. The van der Waals surface area contributed by atoms with E-state index in [4.69, 9.17) is 14.3 Å². The Kier molecular flexibility index (Phi) is 4.70. The van der Waals surface area contributed by atoms with Crippen LogP contribution in [0.15, 0.2) is 54.6 Å². The highest BCUT2D eigenvalue weighted by Gasteiger charge is 2.19. The summed E-state index contributed by atoms with van der Waals surface area (Å²) >= 11 is 0. The molecule has 1 aliphatic rings. The van der Waals surface area contributed by atoms with E-state index in [1.807, 2.05) is 37.1 Å². The second-order valence-electron chi connectivity index (χ2n) is 4.17. The van der Waals surface area contributed by atoms with Crippen molar-refractivity contribution < 1.29 is 14.3 Å². The predicted molar refractivity (Wildman–Crippen MR) is 74.2 cm³/mol. The van der Waals surface area contributed by atoms with E-state index in [9.17, 15) is 0 Å². The average Bonchev–Trinajstić information content (AvgIpc) is 2.47. The van der Waals surface area contributed by atoms with Crippen LogP contribution >= 0.6 is 0 Å². The Bertz CT molecular complexity index is 489. The molecule has 0 aliphatic carbocycles. The maximum atomic E-state index is 8.00. The molecule has 3 nitrogen and oxygen atoms in total. The number of hydrogen-bond acceptors (Lipinski definition) is 3. The molecule has 0 amide bonds. The predicted octanol–water partition coefficient (Wildman–Crippen LogP) is 2.95. The van der Waals surface area contributed by atoms with Gasteiger partial charge in [-0.2, -0.15) is 0 Å². The summed E-state index contributed by atoms with van der Waals surface area (Å²) in [6.07, 6.45) is 0.234. The zero-order chi connectivity index (χ0) is 13.5. The summed E-state index contributed by atoms with van der Waals surface area (Å²) in [6, 6.07) is 18.5. The smallest absolute Gasteiger partial charge is 0.145 e. The van der Waals surface area contributed by atoms with Crippen LogP contribution < -0.4 is 4.74 Å². The lowest BCUT2D eigenvalue weighted by molar-refractivity contribution is -0.0979. The van der Waals surface area contributed by atoms with E-state index in [1.54, 1.807) is 0 Å². The molecule has 98 valence electrons. The second-order valence-corrected chi connectivity index (χ2v) is 4.17. The van der Waals surface area contributed by atoms with Crippen LogP contribution in [0.25, 0.3) is 11.1 Å². The summed E-state index contributed by atoms with van der Waals surface area (Å²) < 4.78 is 10.8. The van der Waals surface area contributed by atoms with E-state index in [-0.39, 0.29) is 6.10 Å². The quantitative estimate of drug-likeness (QED) is 0.847. The van der Waals surface area contributed by atoms with Gasteiger partial charge >= 0.3 is 0 Å². The van der Waals surface area contributed by atoms with Crippen molar-refractivity contribution in [3.63, 3.8) is 0 Å². The largest absolute Gasteiger partial charge is 0.486 e. The van der Waals surface area contributed by atoms with Crippen molar-refractivity contribution in [1.29, 1.82) is 0 Å². The Labute approximate surface area is 112 Å². The molecule has 0 unspecified atom stereocenters. The molecule has 1 fully saturated rings. The molecule has 1 aliphatic heterocycles. The molecule has 0 N–H and O–H groups in total. The fourth-order valence-electron chi connectivity index (χ4n) is 1.83. The van der Waals surface area contributed by atoms with Crippen LogP contribution in [0.3, 0.4) is 0 Å². The fraction of sp³-hybridized carbons (Fsp3) is 0.188. The van der Waals surface area contributed by atoms with E-state index in [2.05, 4.69) is 24.3 Å². The van der Waals surface area contributed by atoms with E-state index in [0.717, 1.165) is 5.75 Å². The first-order valence-electron chi connectivity index (χ1n) is 6.10. The molecular weight excluding hydrogens is 240 g/mol. The maximum Gasteiger partial charge on any atom is 0.145 e. The monoisotopic (exact) mass is 256 g/mol. The Balaban J connectivity index is 0.000000637. The van der Waals surface area contributed by atoms with Gasteiger partial charge in [-0.1, -0.05) is 42.5 Å². The van der Waals surface area contributed by atoms with E-state index >= 15 is 0 Å². The molecule has 0 radical (unpaired) electrons. The van der Waals surface area contributed by atoms with Crippen LogP contribution in [0.1, 0.15) is 0 Å². The SMILES string of the molecule is C=O.c1ccc(-c2ccc(OC3COC3)cc2)cc1. The minimum absolute atomic E-state index is 0.234. The van der Waals surface area contributed by atoms with Crippen molar-refractivity contribution in [2.45, 2.75) is 6.10 Å². The number of rotatable bonds is 3. The Hall–Kier alpha value is -2.13. The molecule has 0 spiro atoms. The van der Waals surface area contributed by atoms with Crippen LogP contribution in [-0.4, -0.2) is 26.1 Å². The first kappa shape index (κ1) is 13.3. The van der Waals surface area contributed by atoms with Gasteiger partial charge in [0.2, 0.25) is 0 Å². The van der Waals surface area contributed by atoms with E-state index < -0.39 is 0 Å². The Morgan fingerprint density at radius 1 is 0.895 bits per heavy atom. The maximum absolute atomic E-state index is 8.00. The molecule has 2 aromatic rings. The van der Waals surface area contributed by atoms with Crippen LogP contribution in [0.2, 0.25) is 0 Å². The zero-order valence-electron chi connectivity index (χ0n) is 10.6. The van der Waals surface area contributed by atoms with E-state index in [0.29, 0.717) is 13.2 Å². The third-order valence-electron chi connectivity index (χ3n) is 2.87. The van der Waals surface area contributed by atoms with Gasteiger partial charge in [0.25, 0.3) is 0 Å². The minimum Gasteiger partial charge on any atom is -0.486 e. The van der Waals surface area contributed by atoms with Crippen molar-refractivity contribution in [1.82, 2.24) is 0 Å². The first-order valence-corrected chi connectivity index (χ1v) is 6.10. The Morgan fingerprint density at radius 2 is 1.47 bits per heavy atom. The molecule has 3 rings (SSSR count). The third-order valence-corrected chi connectivity index (χ3v) is 2.87. The molecule has 2 aromatic carbocycles. The van der Waals surface area contributed by atoms with Gasteiger partial charge in [-0.25, -0.2) is 0 Å². The zero-order valence-corrected chi connectivity index (χ0v) is 10.6. The van der Waals surface area contributed by atoms with Gasteiger partial charge < -0.3 is 14.3 Å². The van der Waals surface area contributed by atoms with Gasteiger partial charge in [0.05, 0.1) is 13.2 Å². The third kappa shape index (κ3) is 3.42. The molecule has 0 bridgehead atoms. The van der Waals surface area contributed by atoms with Crippen molar-refractivity contribution in [2.24, 2.45) is 0 Å². The van der Waals surface area contributed by atoms with Gasteiger partial charge in [-0.05, 0) is 23.3 Å². The van der Waals surface area contributed by atoms with E-state index in [1.165, 1.54) is 11.1 Å². The summed E-state index contributed by atoms with van der Waals surface area (Å²) in [4.78, 5) is 8.00. The van der Waals surface area contributed by atoms with Gasteiger partial charge in [-0.15, -0.1) is 0 Å². The second kappa shape index (κ2) is 6.71. The number of carbonyl (C=O) groups is 1. The molecule has 3 heteroatoms. The van der Waals surface area contributed by atoms with Crippen molar-refractivity contribution in [3.05, 3.63) is 54.6 Å². The first-order chi connectivity index (χ1) is 9.42. The molecule has 1 heterocycles. The normalized spacial score (nSPS) is 13.9. The van der Waals surface area contributed by atoms with Gasteiger partial charge in [0.15, 0.2) is 0 Å². The summed E-state index contributed by atoms with van der Waals surface area (Å²) in [7, 11) is 0. The highest BCUT2D eigenvalue weighted by Crippen LogP contribution is 2.23. The highest BCUT2D eigenvalue weighted by atomic mass is 16.6.